The molecule has 2 rings (SSSR count). The van der Waals surface area contributed by atoms with Gasteiger partial charge in [-0.25, -0.2) is 0 Å². The fourth-order valence-electron chi connectivity index (χ4n) is 1.59. The Hall–Kier alpha value is -0.730. The summed E-state index contributed by atoms with van der Waals surface area (Å²) in [5, 5.41) is 4.16. The van der Waals surface area contributed by atoms with Crippen molar-refractivity contribution in [2.24, 2.45) is 5.73 Å². The minimum absolute atomic E-state index is 0.386. The number of hydrogen-bond donors (Lipinski definition) is 2. The molecule has 0 bridgehead atoms. The Kier molecular flexibility index (Phi) is 2.42. The molecule has 1 saturated carbocycles. The molecule has 0 radical (unpaired) electrons. The number of halogens is 1. The summed E-state index contributed by atoms with van der Waals surface area (Å²) in [7, 11) is 0. The van der Waals surface area contributed by atoms with Crippen molar-refractivity contribution >= 4 is 17.3 Å². The van der Waals surface area contributed by atoms with Crippen molar-refractivity contribution in [3.05, 3.63) is 29.3 Å². The molecule has 1 aromatic rings. The fourth-order valence-corrected chi connectivity index (χ4v) is 1.78. The highest BCUT2D eigenvalue weighted by molar-refractivity contribution is 6.30. The normalized spacial score (nSPS) is 26.6. The second-order valence-electron chi connectivity index (χ2n) is 3.58. The highest BCUT2D eigenvalue weighted by Crippen LogP contribution is 2.23. The van der Waals surface area contributed by atoms with Crippen molar-refractivity contribution in [2.45, 2.75) is 24.9 Å². The topological polar surface area (TPSA) is 38.0 Å². The maximum atomic E-state index is 5.85. The predicted octanol–water partition coefficient (Wildman–Crippen LogP) is 2.24. The van der Waals surface area contributed by atoms with Gasteiger partial charge in [0.25, 0.3) is 0 Å². The van der Waals surface area contributed by atoms with E-state index in [9.17, 15) is 0 Å². The summed E-state index contributed by atoms with van der Waals surface area (Å²) in [5.41, 5.74) is 6.77. The van der Waals surface area contributed by atoms with Gasteiger partial charge >= 0.3 is 0 Å². The first-order valence-electron chi connectivity index (χ1n) is 4.52. The number of anilines is 1. The highest BCUT2D eigenvalue weighted by Gasteiger charge is 2.25. The molecule has 0 atom stereocenters. The first-order chi connectivity index (χ1) is 6.24. The third-order valence-electron chi connectivity index (χ3n) is 2.37. The zero-order valence-corrected chi connectivity index (χ0v) is 8.09. The van der Waals surface area contributed by atoms with Crippen molar-refractivity contribution in [1.29, 1.82) is 0 Å². The molecule has 0 aliphatic heterocycles. The van der Waals surface area contributed by atoms with Crippen LogP contribution in [0.5, 0.6) is 0 Å². The van der Waals surface area contributed by atoms with Crippen LogP contribution in [0.3, 0.4) is 0 Å². The van der Waals surface area contributed by atoms with Gasteiger partial charge in [0, 0.05) is 22.8 Å². The smallest absolute Gasteiger partial charge is 0.0426 e. The third kappa shape index (κ3) is 2.14. The van der Waals surface area contributed by atoms with Crippen LogP contribution in [0.4, 0.5) is 5.69 Å². The maximum absolute atomic E-state index is 5.85. The molecule has 0 amide bonds. The lowest BCUT2D eigenvalue weighted by atomic mass is 9.87. The average molecular weight is 197 g/mol. The van der Waals surface area contributed by atoms with Crippen LogP contribution < -0.4 is 11.1 Å². The van der Waals surface area contributed by atoms with Crippen LogP contribution in [-0.2, 0) is 0 Å². The van der Waals surface area contributed by atoms with E-state index in [2.05, 4.69) is 5.32 Å². The highest BCUT2D eigenvalue weighted by atomic mass is 35.5. The van der Waals surface area contributed by atoms with Crippen molar-refractivity contribution in [1.82, 2.24) is 0 Å². The zero-order chi connectivity index (χ0) is 9.26. The lowest BCUT2D eigenvalue weighted by molar-refractivity contribution is 0.374. The Balaban J connectivity index is 1.94. The van der Waals surface area contributed by atoms with Crippen molar-refractivity contribution < 1.29 is 0 Å². The Morgan fingerprint density at radius 1 is 1.38 bits per heavy atom. The van der Waals surface area contributed by atoms with Crippen molar-refractivity contribution in [3.8, 4) is 0 Å². The molecule has 0 heterocycles. The van der Waals surface area contributed by atoms with E-state index in [1.165, 1.54) is 0 Å². The first kappa shape index (κ1) is 8.85. The zero-order valence-electron chi connectivity index (χ0n) is 7.33. The van der Waals surface area contributed by atoms with Crippen LogP contribution >= 0.6 is 11.6 Å². The first-order valence-corrected chi connectivity index (χ1v) is 4.89. The van der Waals surface area contributed by atoms with Crippen LogP contribution in [0, 0.1) is 0 Å². The molecule has 0 spiro atoms. The van der Waals surface area contributed by atoms with E-state index < -0.39 is 0 Å². The van der Waals surface area contributed by atoms with Gasteiger partial charge in [0.05, 0.1) is 0 Å². The number of hydrogen-bond acceptors (Lipinski definition) is 2. The van der Waals surface area contributed by atoms with Gasteiger partial charge in [0.1, 0.15) is 0 Å². The van der Waals surface area contributed by atoms with E-state index in [-0.39, 0.29) is 0 Å². The largest absolute Gasteiger partial charge is 0.382 e. The second-order valence-corrected chi connectivity index (χ2v) is 4.02. The molecule has 0 aromatic heterocycles. The van der Waals surface area contributed by atoms with E-state index in [0.717, 1.165) is 23.6 Å². The maximum Gasteiger partial charge on any atom is 0.0426 e. The average Bonchev–Trinajstić information content (AvgIpc) is 2.01. The van der Waals surface area contributed by atoms with E-state index in [0.29, 0.717) is 12.1 Å². The monoisotopic (exact) mass is 196 g/mol. The molecular formula is C10H13ClN2. The number of nitrogens with two attached hydrogens (primary N) is 1. The van der Waals surface area contributed by atoms with Gasteiger partial charge in [-0.05, 0) is 31.0 Å². The third-order valence-corrected chi connectivity index (χ3v) is 2.61. The standard InChI is InChI=1S/C10H13ClN2/c11-7-2-1-3-9(4-7)13-10-5-8(12)6-10/h1-4,8,10,13H,5-6,12H2. The summed E-state index contributed by atoms with van der Waals surface area (Å²) in [6, 6.07) is 8.70. The Bertz CT molecular complexity index is 295. The van der Waals surface area contributed by atoms with Crippen LogP contribution in [0.15, 0.2) is 24.3 Å². The number of rotatable bonds is 2. The molecule has 1 aromatic carbocycles. The molecule has 1 aliphatic rings. The molecule has 0 saturated heterocycles. The van der Waals surface area contributed by atoms with Crippen LogP contribution in [-0.4, -0.2) is 12.1 Å². The minimum atomic E-state index is 0.386. The Labute approximate surface area is 83.1 Å². The summed E-state index contributed by atoms with van der Waals surface area (Å²) >= 11 is 5.85. The molecule has 3 N–H and O–H groups in total. The molecule has 3 heteroatoms. The SMILES string of the molecule is NC1CC(Nc2cccc(Cl)c2)C1. The van der Waals surface area contributed by atoms with Crippen LogP contribution in [0.25, 0.3) is 0 Å². The van der Waals surface area contributed by atoms with Gasteiger partial charge in [0.15, 0.2) is 0 Å². The molecular weight excluding hydrogens is 184 g/mol. The van der Waals surface area contributed by atoms with Crippen molar-refractivity contribution in [3.63, 3.8) is 0 Å². The lowest BCUT2D eigenvalue weighted by Gasteiger charge is -2.33. The van der Waals surface area contributed by atoms with E-state index in [4.69, 9.17) is 17.3 Å². The number of benzene rings is 1. The summed E-state index contributed by atoms with van der Waals surface area (Å²) in [6.45, 7) is 0. The number of nitrogens with one attached hydrogen (secondary N) is 1. The van der Waals surface area contributed by atoms with Gasteiger partial charge in [0.2, 0.25) is 0 Å². The summed E-state index contributed by atoms with van der Waals surface area (Å²) in [6.07, 6.45) is 2.12. The minimum Gasteiger partial charge on any atom is -0.382 e. The van der Waals surface area contributed by atoms with Gasteiger partial charge in [-0.3, -0.25) is 0 Å². The molecule has 1 fully saturated rings. The molecule has 1 aliphatic carbocycles. The van der Waals surface area contributed by atoms with Gasteiger partial charge < -0.3 is 11.1 Å². The summed E-state index contributed by atoms with van der Waals surface area (Å²) in [4.78, 5) is 0. The quantitative estimate of drug-likeness (QED) is 0.762. The Morgan fingerprint density at radius 3 is 2.77 bits per heavy atom. The van der Waals surface area contributed by atoms with Crippen LogP contribution in [0.1, 0.15) is 12.8 Å². The van der Waals surface area contributed by atoms with E-state index >= 15 is 0 Å². The van der Waals surface area contributed by atoms with E-state index in [1.54, 1.807) is 0 Å². The second kappa shape index (κ2) is 3.56. The molecule has 2 nitrogen and oxygen atoms in total. The summed E-state index contributed by atoms with van der Waals surface area (Å²) < 4.78 is 0. The van der Waals surface area contributed by atoms with E-state index in [1.807, 2.05) is 24.3 Å². The lowest BCUT2D eigenvalue weighted by Crippen LogP contribution is -2.44. The molecule has 0 unspecified atom stereocenters. The Morgan fingerprint density at radius 2 is 2.15 bits per heavy atom. The van der Waals surface area contributed by atoms with Gasteiger partial charge in [-0.1, -0.05) is 17.7 Å². The molecule has 70 valence electrons. The fraction of sp³-hybridized carbons (Fsp3) is 0.400. The predicted molar refractivity (Wildman–Crippen MR) is 56.1 cm³/mol. The molecule has 13 heavy (non-hydrogen) atoms. The summed E-state index contributed by atoms with van der Waals surface area (Å²) in [5.74, 6) is 0. The van der Waals surface area contributed by atoms with Gasteiger partial charge in [-0.2, -0.15) is 0 Å². The van der Waals surface area contributed by atoms with Gasteiger partial charge in [-0.15, -0.1) is 0 Å². The van der Waals surface area contributed by atoms with Crippen molar-refractivity contribution in [2.75, 3.05) is 5.32 Å². The van der Waals surface area contributed by atoms with Crippen LogP contribution in [0.2, 0.25) is 5.02 Å².